The molecule has 19 heavy (non-hydrogen) atoms. The van der Waals surface area contributed by atoms with E-state index in [-0.39, 0.29) is 5.82 Å². The van der Waals surface area contributed by atoms with Crippen molar-refractivity contribution in [3.63, 3.8) is 0 Å². The van der Waals surface area contributed by atoms with E-state index in [1.807, 2.05) is 0 Å². The second-order valence-corrected chi connectivity index (χ2v) is 5.69. The lowest BCUT2D eigenvalue weighted by Gasteiger charge is -2.03. The number of aromatic nitrogens is 2. The van der Waals surface area contributed by atoms with Crippen LogP contribution in [0.1, 0.15) is 18.4 Å². The predicted molar refractivity (Wildman–Crippen MR) is 76.1 cm³/mol. The lowest BCUT2D eigenvalue weighted by Crippen LogP contribution is -2.13. The van der Waals surface area contributed by atoms with Gasteiger partial charge in [-0.15, -0.1) is 5.10 Å². The molecule has 0 radical (unpaired) electrons. The molecule has 0 fully saturated rings. The van der Waals surface area contributed by atoms with E-state index in [1.54, 1.807) is 6.07 Å². The number of nitrogens with one attached hydrogen (secondary N) is 1. The van der Waals surface area contributed by atoms with Gasteiger partial charge < -0.3 is 10.1 Å². The minimum absolute atomic E-state index is 0.354. The van der Waals surface area contributed by atoms with Gasteiger partial charge in [0, 0.05) is 12.6 Å². The van der Waals surface area contributed by atoms with E-state index < -0.39 is 0 Å². The molecule has 4 nitrogen and oxygen atoms in total. The highest BCUT2D eigenvalue weighted by molar-refractivity contribution is 9.10. The summed E-state index contributed by atoms with van der Waals surface area (Å²) in [6.07, 6.45) is 1.07. The van der Waals surface area contributed by atoms with E-state index in [0.29, 0.717) is 22.0 Å². The van der Waals surface area contributed by atoms with Gasteiger partial charge in [0.25, 0.3) is 5.19 Å². The van der Waals surface area contributed by atoms with Crippen molar-refractivity contribution in [1.29, 1.82) is 0 Å². The first-order chi connectivity index (χ1) is 9.19. The van der Waals surface area contributed by atoms with Crippen molar-refractivity contribution >= 4 is 27.3 Å². The third kappa shape index (κ3) is 4.22. The van der Waals surface area contributed by atoms with Crippen LogP contribution in [0.25, 0.3) is 0 Å². The van der Waals surface area contributed by atoms with Crippen LogP contribution in [0, 0.1) is 5.82 Å². The highest BCUT2D eigenvalue weighted by atomic mass is 79.9. The van der Waals surface area contributed by atoms with Crippen LogP contribution in [0.2, 0.25) is 0 Å². The number of hydrogen-bond acceptors (Lipinski definition) is 5. The molecular weight excluding hydrogens is 333 g/mol. The maximum Gasteiger partial charge on any atom is 0.299 e. The first-order valence-electron chi connectivity index (χ1n) is 5.85. The van der Waals surface area contributed by atoms with Crippen molar-refractivity contribution in [2.24, 2.45) is 0 Å². The third-order valence-corrected chi connectivity index (χ3v) is 3.70. The molecule has 2 aromatic rings. The maximum atomic E-state index is 13.1. The van der Waals surface area contributed by atoms with Crippen molar-refractivity contribution in [3.05, 3.63) is 33.5 Å². The van der Waals surface area contributed by atoms with Gasteiger partial charge in [0.05, 0.1) is 4.47 Å². The molecule has 102 valence electrons. The fraction of sp³-hybridized carbons (Fsp3) is 0.333. The summed E-state index contributed by atoms with van der Waals surface area (Å²) >= 11 is 4.64. The van der Waals surface area contributed by atoms with Crippen LogP contribution in [0.4, 0.5) is 4.39 Å². The van der Waals surface area contributed by atoms with E-state index in [0.717, 1.165) is 18.0 Å². The summed E-state index contributed by atoms with van der Waals surface area (Å²) in [5.41, 5.74) is 0. The molecule has 0 spiro atoms. The lowest BCUT2D eigenvalue weighted by atomic mass is 10.3. The average molecular weight is 346 g/mol. The highest BCUT2D eigenvalue weighted by Gasteiger charge is 2.09. The molecule has 0 atom stereocenters. The van der Waals surface area contributed by atoms with E-state index in [2.05, 4.69) is 38.4 Å². The van der Waals surface area contributed by atoms with Gasteiger partial charge in [-0.05, 0) is 41.0 Å². The number of rotatable bonds is 6. The Labute approximate surface area is 123 Å². The van der Waals surface area contributed by atoms with Gasteiger partial charge in [0.15, 0.2) is 0 Å². The molecule has 0 bridgehead atoms. The van der Waals surface area contributed by atoms with Gasteiger partial charge >= 0.3 is 0 Å². The number of ether oxygens (including phenoxy) is 1. The Morgan fingerprint density at radius 2 is 2.26 bits per heavy atom. The molecule has 0 aliphatic rings. The molecule has 0 amide bonds. The largest absolute Gasteiger partial charge is 0.428 e. The van der Waals surface area contributed by atoms with E-state index in [1.165, 1.54) is 23.5 Å². The summed E-state index contributed by atoms with van der Waals surface area (Å²) in [7, 11) is 0. The predicted octanol–water partition coefficient (Wildman–Crippen LogP) is 3.73. The van der Waals surface area contributed by atoms with Crippen LogP contribution in [0.5, 0.6) is 10.9 Å². The van der Waals surface area contributed by atoms with E-state index >= 15 is 0 Å². The van der Waals surface area contributed by atoms with Crippen molar-refractivity contribution < 1.29 is 9.13 Å². The summed E-state index contributed by atoms with van der Waals surface area (Å²) in [4.78, 5) is 0. The number of benzene rings is 1. The van der Waals surface area contributed by atoms with E-state index in [4.69, 9.17) is 4.74 Å². The van der Waals surface area contributed by atoms with Crippen LogP contribution in [-0.4, -0.2) is 16.7 Å². The fourth-order valence-electron chi connectivity index (χ4n) is 1.37. The monoisotopic (exact) mass is 345 g/mol. The SMILES string of the molecule is CCCNCc1nnc(Oc2cc(F)ccc2Br)s1. The van der Waals surface area contributed by atoms with Gasteiger partial charge in [0.2, 0.25) is 0 Å². The van der Waals surface area contributed by atoms with E-state index in [9.17, 15) is 4.39 Å². The Bertz CT molecular complexity index is 550. The average Bonchev–Trinajstić information content (AvgIpc) is 2.82. The highest BCUT2D eigenvalue weighted by Crippen LogP contribution is 2.31. The molecule has 2 rings (SSSR count). The molecule has 1 heterocycles. The maximum absolute atomic E-state index is 13.1. The Morgan fingerprint density at radius 3 is 3.05 bits per heavy atom. The topological polar surface area (TPSA) is 47.0 Å². The minimum Gasteiger partial charge on any atom is -0.428 e. The Morgan fingerprint density at radius 1 is 1.42 bits per heavy atom. The Kier molecular flexibility index (Phi) is 5.24. The molecule has 1 N–H and O–H groups in total. The third-order valence-electron chi connectivity index (χ3n) is 2.24. The fourth-order valence-corrected chi connectivity index (χ4v) is 2.37. The molecule has 0 aliphatic carbocycles. The van der Waals surface area contributed by atoms with Crippen LogP contribution in [0.3, 0.4) is 0 Å². The standard InChI is InChI=1S/C12H13BrFN3OS/c1-2-5-15-7-11-16-17-12(19-11)18-10-6-8(14)3-4-9(10)13/h3-4,6,15H,2,5,7H2,1H3. The lowest BCUT2D eigenvalue weighted by molar-refractivity contribution is 0.464. The molecule has 0 aliphatic heterocycles. The van der Waals surface area contributed by atoms with Crippen LogP contribution < -0.4 is 10.1 Å². The molecule has 0 saturated carbocycles. The van der Waals surface area contributed by atoms with Crippen LogP contribution >= 0.6 is 27.3 Å². The number of nitrogens with zero attached hydrogens (tertiary/aromatic N) is 2. The van der Waals surface area contributed by atoms with Crippen molar-refractivity contribution in [3.8, 4) is 10.9 Å². The first kappa shape index (κ1) is 14.4. The zero-order chi connectivity index (χ0) is 13.7. The summed E-state index contributed by atoms with van der Waals surface area (Å²) in [6.45, 7) is 3.70. The van der Waals surface area contributed by atoms with Crippen LogP contribution in [-0.2, 0) is 6.54 Å². The first-order valence-corrected chi connectivity index (χ1v) is 7.46. The molecule has 0 unspecified atom stereocenters. The zero-order valence-corrected chi connectivity index (χ0v) is 12.7. The van der Waals surface area contributed by atoms with Gasteiger partial charge in [-0.25, -0.2) is 4.39 Å². The van der Waals surface area contributed by atoms with Gasteiger partial charge in [0.1, 0.15) is 16.6 Å². The normalized spacial score (nSPS) is 10.7. The quantitative estimate of drug-likeness (QED) is 0.810. The van der Waals surface area contributed by atoms with Gasteiger partial charge in [-0.3, -0.25) is 0 Å². The second kappa shape index (κ2) is 6.93. The number of halogens is 2. The smallest absolute Gasteiger partial charge is 0.299 e. The molecular formula is C12H13BrFN3OS. The van der Waals surface area contributed by atoms with Gasteiger partial charge in [-0.2, -0.15) is 0 Å². The Balaban J connectivity index is 2.01. The summed E-state index contributed by atoms with van der Waals surface area (Å²) < 4.78 is 19.3. The molecule has 1 aromatic carbocycles. The summed E-state index contributed by atoms with van der Waals surface area (Å²) in [5, 5.41) is 12.4. The minimum atomic E-state index is -0.354. The summed E-state index contributed by atoms with van der Waals surface area (Å²) in [5.74, 6) is 0.0387. The molecule has 7 heteroatoms. The zero-order valence-electron chi connectivity index (χ0n) is 10.3. The molecule has 1 aromatic heterocycles. The number of hydrogen-bond donors (Lipinski definition) is 1. The molecule has 0 saturated heterocycles. The van der Waals surface area contributed by atoms with Crippen molar-refractivity contribution in [2.75, 3.05) is 6.54 Å². The van der Waals surface area contributed by atoms with Crippen molar-refractivity contribution in [2.45, 2.75) is 19.9 Å². The van der Waals surface area contributed by atoms with Crippen LogP contribution in [0.15, 0.2) is 22.7 Å². The summed E-state index contributed by atoms with van der Waals surface area (Å²) in [6, 6.07) is 4.26. The van der Waals surface area contributed by atoms with Crippen molar-refractivity contribution in [1.82, 2.24) is 15.5 Å². The second-order valence-electron chi connectivity index (χ2n) is 3.82. The van der Waals surface area contributed by atoms with Gasteiger partial charge in [-0.1, -0.05) is 23.4 Å². The Hall–Kier alpha value is -1.05.